The number of hydrogen-bond acceptors (Lipinski definition) is 3. The topological polar surface area (TPSA) is 67.2 Å². The third-order valence-corrected chi connectivity index (χ3v) is 1.77. The van der Waals surface area contributed by atoms with E-state index in [4.69, 9.17) is 0 Å². The van der Waals surface area contributed by atoms with Gasteiger partial charge in [-0.3, -0.25) is 4.79 Å². The maximum Gasteiger partial charge on any atom is 0.251 e. The van der Waals surface area contributed by atoms with Gasteiger partial charge in [-0.25, -0.2) is 4.98 Å². The Morgan fingerprint density at radius 1 is 1.64 bits per heavy atom. The summed E-state index contributed by atoms with van der Waals surface area (Å²) in [6, 6.07) is 0. The summed E-state index contributed by atoms with van der Waals surface area (Å²) in [4.78, 5) is 15.1. The number of amides is 1. The summed E-state index contributed by atoms with van der Waals surface area (Å²) in [7, 11) is 0. The van der Waals surface area contributed by atoms with E-state index in [9.17, 15) is 9.90 Å². The van der Waals surface area contributed by atoms with Gasteiger partial charge in [0.2, 0.25) is 0 Å². The third-order valence-electron chi connectivity index (χ3n) is 1.77. The molecule has 0 aliphatic carbocycles. The van der Waals surface area contributed by atoms with E-state index >= 15 is 0 Å². The maximum atomic E-state index is 11.2. The fourth-order valence-electron chi connectivity index (χ4n) is 0.934. The predicted octanol–water partition coefficient (Wildman–Crippen LogP) is -0.230. The number of hydrogen-bond donors (Lipinski definition) is 2. The first-order valence-corrected chi connectivity index (χ1v) is 4.46. The molecule has 5 heteroatoms. The van der Waals surface area contributed by atoms with Crippen LogP contribution in [0.25, 0.3) is 0 Å². The van der Waals surface area contributed by atoms with E-state index in [1.807, 2.05) is 10.8 Å². The zero-order valence-electron chi connectivity index (χ0n) is 8.40. The van der Waals surface area contributed by atoms with Crippen LogP contribution in [0, 0.1) is 0 Å². The molecule has 0 atom stereocenters. The summed E-state index contributed by atoms with van der Waals surface area (Å²) in [6.07, 6.45) is 5.17. The molecule has 1 rings (SSSR count). The van der Waals surface area contributed by atoms with Crippen molar-refractivity contribution in [1.82, 2.24) is 14.9 Å². The number of nitrogens with zero attached hydrogens (tertiary/aromatic N) is 2. The highest BCUT2D eigenvalue weighted by Gasteiger charge is 2.22. The van der Waals surface area contributed by atoms with E-state index in [0.29, 0.717) is 13.1 Å². The van der Waals surface area contributed by atoms with Crippen molar-refractivity contribution >= 4 is 5.91 Å². The molecule has 78 valence electrons. The van der Waals surface area contributed by atoms with Gasteiger partial charge in [-0.1, -0.05) is 0 Å². The van der Waals surface area contributed by atoms with Gasteiger partial charge in [-0.2, -0.15) is 0 Å². The largest absolute Gasteiger partial charge is 0.381 e. The van der Waals surface area contributed by atoms with Gasteiger partial charge >= 0.3 is 0 Å². The highest BCUT2D eigenvalue weighted by atomic mass is 16.3. The second kappa shape index (κ2) is 4.23. The average molecular weight is 197 g/mol. The molecule has 0 fully saturated rings. The third kappa shape index (κ3) is 3.18. The van der Waals surface area contributed by atoms with E-state index in [1.165, 1.54) is 13.8 Å². The molecule has 0 spiro atoms. The van der Waals surface area contributed by atoms with Crippen molar-refractivity contribution in [2.75, 3.05) is 6.54 Å². The standard InChI is InChI=1S/C9H15N3O2/c1-9(2,14)8(13)11-4-6-12-5-3-10-7-12/h3,5,7,14H,4,6H2,1-2H3,(H,11,13). The average Bonchev–Trinajstić information content (AvgIpc) is 2.55. The number of rotatable bonds is 4. The molecule has 0 aromatic carbocycles. The van der Waals surface area contributed by atoms with Crippen LogP contribution in [0.2, 0.25) is 0 Å². The zero-order chi connectivity index (χ0) is 10.6. The van der Waals surface area contributed by atoms with Gasteiger partial charge in [0.25, 0.3) is 5.91 Å². The van der Waals surface area contributed by atoms with Crippen molar-refractivity contribution in [3.05, 3.63) is 18.7 Å². The van der Waals surface area contributed by atoms with Crippen molar-refractivity contribution in [2.45, 2.75) is 26.0 Å². The molecule has 0 saturated heterocycles. The lowest BCUT2D eigenvalue weighted by molar-refractivity contribution is -0.136. The fraction of sp³-hybridized carbons (Fsp3) is 0.556. The SMILES string of the molecule is CC(C)(O)C(=O)NCCn1ccnc1. The van der Waals surface area contributed by atoms with Gasteiger partial charge < -0.3 is 15.0 Å². The summed E-state index contributed by atoms with van der Waals surface area (Å²) in [5.74, 6) is -0.363. The Balaban J connectivity index is 2.26. The van der Waals surface area contributed by atoms with Crippen molar-refractivity contribution in [1.29, 1.82) is 0 Å². The summed E-state index contributed by atoms with van der Waals surface area (Å²) < 4.78 is 1.85. The van der Waals surface area contributed by atoms with Gasteiger partial charge in [0.05, 0.1) is 6.33 Å². The second-order valence-electron chi connectivity index (χ2n) is 3.62. The normalized spacial score (nSPS) is 11.4. The molecule has 1 aromatic heterocycles. The summed E-state index contributed by atoms with van der Waals surface area (Å²) in [6.45, 7) is 4.06. The molecule has 1 aromatic rings. The number of aliphatic hydroxyl groups is 1. The molecule has 0 radical (unpaired) electrons. The van der Waals surface area contributed by atoms with Crippen LogP contribution in [0.3, 0.4) is 0 Å². The van der Waals surface area contributed by atoms with Crippen LogP contribution < -0.4 is 5.32 Å². The summed E-state index contributed by atoms with van der Waals surface area (Å²) >= 11 is 0. The fourth-order valence-corrected chi connectivity index (χ4v) is 0.934. The van der Waals surface area contributed by atoms with Crippen LogP contribution in [0.4, 0.5) is 0 Å². The predicted molar refractivity (Wildman–Crippen MR) is 51.5 cm³/mol. The molecular weight excluding hydrogens is 182 g/mol. The molecule has 1 heterocycles. The summed E-state index contributed by atoms with van der Waals surface area (Å²) in [5, 5.41) is 11.9. The maximum absolute atomic E-state index is 11.2. The van der Waals surface area contributed by atoms with E-state index in [2.05, 4.69) is 10.3 Å². The Morgan fingerprint density at radius 2 is 2.36 bits per heavy atom. The van der Waals surface area contributed by atoms with Gasteiger partial charge in [0, 0.05) is 25.5 Å². The number of carbonyl (C=O) groups excluding carboxylic acids is 1. The van der Waals surface area contributed by atoms with Crippen molar-refractivity contribution in [3.63, 3.8) is 0 Å². The van der Waals surface area contributed by atoms with Crippen LogP contribution in [0.5, 0.6) is 0 Å². The monoisotopic (exact) mass is 197 g/mol. The molecule has 14 heavy (non-hydrogen) atoms. The highest BCUT2D eigenvalue weighted by Crippen LogP contribution is 1.99. The lowest BCUT2D eigenvalue weighted by Gasteiger charge is -2.16. The Hall–Kier alpha value is -1.36. The molecule has 0 saturated carbocycles. The van der Waals surface area contributed by atoms with Gasteiger partial charge in [-0.15, -0.1) is 0 Å². The van der Waals surface area contributed by atoms with Crippen LogP contribution in [0.15, 0.2) is 18.7 Å². The summed E-state index contributed by atoms with van der Waals surface area (Å²) in [5.41, 5.74) is -1.31. The van der Waals surface area contributed by atoms with E-state index < -0.39 is 5.60 Å². The molecule has 1 amide bonds. The van der Waals surface area contributed by atoms with Gasteiger partial charge in [-0.05, 0) is 13.8 Å². The van der Waals surface area contributed by atoms with Crippen molar-refractivity contribution in [3.8, 4) is 0 Å². The smallest absolute Gasteiger partial charge is 0.251 e. The lowest BCUT2D eigenvalue weighted by Crippen LogP contribution is -2.43. The number of aromatic nitrogens is 2. The van der Waals surface area contributed by atoms with Crippen molar-refractivity contribution in [2.24, 2.45) is 0 Å². The molecule has 0 aliphatic heterocycles. The quantitative estimate of drug-likeness (QED) is 0.700. The molecule has 0 aliphatic rings. The Labute approximate surface area is 82.8 Å². The highest BCUT2D eigenvalue weighted by molar-refractivity contribution is 5.83. The Kier molecular flexibility index (Phi) is 3.24. The van der Waals surface area contributed by atoms with Crippen LogP contribution in [-0.4, -0.2) is 32.7 Å². The van der Waals surface area contributed by atoms with E-state index in [0.717, 1.165) is 0 Å². The molecule has 5 nitrogen and oxygen atoms in total. The first-order chi connectivity index (χ1) is 6.50. The zero-order valence-corrected chi connectivity index (χ0v) is 8.40. The number of imidazole rings is 1. The second-order valence-corrected chi connectivity index (χ2v) is 3.62. The number of nitrogens with one attached hydrogen (secondary N) is 1. The first-order valence-electron chi connectivity index (χ1n) is 4.46. The first kappa shape index (κ1) is 10.7. The minimum Gasteiger partial charge on any atom is -0.381 e. The minimum atomic E-state index is -1.31. The van der Waals surface area contributed by atoms with Gasteiger partial charge in [0.1, 0.15) is 5.60 Å². The Bertz CT molecular complexity index is 288. The molecule has 0 unspecified atom stereocenters. The van der Waals surface area contributed by atoms with Crippen LogP contribution >= 0.6 is 0 Å². The molecular formula is C9H15N3O2. The van der Waals surface area contributed by atoms with Gasteiger partial charge in [0.15, 0.2) is 0 Å². The van der Waals surface area contributed by atoms with Crippen LogP contribution in [-0.2, 0) is 11.3 Å². The van der Waals surface area contributed by atoms with Crippen LogP contribution in [0.1, 0.15) is 13.8 Å². The van der Waals surface area contributed by atoms with E-state index in [1.54, 1.807) is 12.5 Å². The minimum absolute atomic E-state index is 0.363. The van der Waals surface area contributed by atoms with E-state index in [-0.39, 0.29) is 5.91 Å². The Morgan fingerprint density at radius 3 is 2.86 bits per heavy atom. The molecule has 2 N–H and O–H groups in total. The number of carbonyl (C=O) groups is 1. The van der Waals surface area contributed by atoms with Crippen molar-refractivity contribution < 1.29 is 9.90 Å². The lowest BCUT2D eigenvalue weighted by atomic mass is 10.1. The molecule has 0 bridgehead atoms.